The number of primary amides is 2. The van der Waals surface area contributed by atoms with E-state index in [9.17, 15) is 31.9 Å². The maximum absolute atomic E-state index is 12.6. The minimum atomic E-state index is -5.01. The van der Waals surface area contributed by atoms with Crippen molar-refractivity contribution in [2.45, 2.75) is 12.3 Å². The summed E-state index contributed by atoms with van der Waals surface area (Å²) in [6.07, 6.45) is -4.27. The fourth-order valence-electron chi connectivity index (χ4n) is 0.880. The Balaban J connectivity index is 4.98. The van der Waals surface area contributed by atoms with Crippen LogP contribution in [0.4, 0.5) is 17.6 Å². The molecule has 0 aromatic heterocycles. The minimum absolute atomic E-state index is 0.128. The molecule has 0 radical (unpaired) electrons. The molecule has 6 nitrogen and oxygen atoms in total. The third-order valence-corrected chi connectivity index (χ3v) is 1.54. The van der Waals surface area contributed by atoms with Crippen molar-refractivity contribution in [3.05, 3.63) is 0 Å². The van der Waals surface area contributed by atoms with E-state index < -0.39 is 43.2 Å². The van der Waals surface area contributed by atoms with Crippen LogP contribution < -0.4 is 11.5 Å². The molecule has 0 aliphatic heterocycles. The molecule has 10 heteroatoms. The lowest BCUT2D eigenvalue weighted by Crippen LogP contribution is -2.52. The summed E-state index contributed by atoms with van der Waals surface area (Å²) in [5, 5.41) is 0. The molecule has 0 aromatic carbocycles. The van der Waals surface area contributed by atoms with Gasteiger partial charge in [0.15, 0.2) is 0 Å². The van der Waals surface area contributed by atoms with E-state index in [-0.39, 0.29) is 4.90 Å². The number of hydrogen-bond acceptors (Lipinski definition) is 3. The largest absolute Gasteiger partial charge is 0.383 e. The number of hydrogen-bond donors (Lipinski definition) is 2. The maximum Gasteiger partial charge on any atom is 0.383 e. The van der Waals surface area contributed by atoms with Crippen molar-refractivity contribution in [1.29, 1.82) is 0 Å². The van der Waals surface area contributed by atoms with Gasteiger partial charge in [-0.1, -0.05) is 0 Å². The average molecular weight is 259 g/mol. The number of nitrogens with zero attached hydrogens (tertiary/aromatic N) is 1. The minimum Gasteiger partial charge on any atom is -0.368 e. The number of carbonyl (C=O) groups excluding carboxylic acids is 3. The molecule has 98 valence electrons. The molecule has 0 unspecified atom stereocenters. The molecule has 0 fully saturated rings. The Morgan fingerprint density at radius 1 is 1.06 bits per heavy atom. The maximum atomic E-state index is 12.6. The van der Waals surface area contributed by atoms with E-state index in [1.807, 2.05) is 0 Å². The third kappa shape index (κ3) is 4.25. The van der Waals surface area contributed by atoms with E-state index in [0.717, 1.165) is 0 Å². The highest BCUT2D eigenvalue weighted by atomic mass is 19.3. The van der Waals surface area contributed by atoms with Crippen LogP contribution in [-0.2, 0) is 14.4 Å². The Kier molecular flexibility index (Phi) is 4.86. The second-order valence-electron chi connectivity index (χ2n) is 3.02. The first-order valence-electron chi connectivity index (χ1n) is 4.11. The van der Waals surface area contributed by atoms with E-state index in [4.69, 9.17) is 0 Å². The van der Waals surface area contributed by atoms with Gasteiger partial charge in [-0.05, 0) is 0 Å². The van der Waals surface area contributed by atoms with Crippen LogP contribution in [0.1, 0.15) is 0 Å². The summed E-state index contributed by atoms with van der Waals surface area (Å²) in [4.78, 5) is 31.7. The summed E-state index contributed by atoms with van der Waals surface area (Å²) < 4.78 is 49.0. The number of rotatable bonds is 6. The van der Waals surface area contributed by atoms with Gasteiger partial charge in [-0.15, -0.1) is 0 Å². The predicted octanol–water partition coefficient (Wildman–Crippen LogP) is -1.31. The monoisotopic (exact) mass is 259 g/mol. The Morgan fingerprint density at radius 3 is 1.65 bits per heavy atom. The second kappa shape index (κ2) is 5.46. The van der Waals surface area contributed by atoms with Crippen LogP contribution >= 0.6 is 0 Å². The normalized spacial score (nSPS) is 11.4. The molecule has 0 aliphatic carbocycles. The molecule has 0 atom stereocenters. The van der Waals surface area contributed by atoms with Crippen LogP contribution in [0.25, 0.3) is 0 Å². The standard InChI is InChI=1S/C7H9F4N3O3/c8-5(9)7(10,11)6(17)14(1-3(12)15)2-4(13)16/h5H,1-2H2,(H2,12,15)(H2,13,16). The van der Waals surface area contributed by atoms with E-state index in [1.165, 1.54) is 0 Å². The van der Waals surface area contributed by atoms with E-state index >= 15 is 0 Å². The molecular formula is C7H9F4N3O3. The summed E-state index contributed by atoms with van der Waals surface area (Å²) in [5.74, 6) is -9.88. The van der Waals surface area contributed by atoms with Gasteiger partial charge >= 0.3 is 12.3 Å². The highest BCUT2D eigenvalue weighted by Gasteiger charge is 2.51. The first kappa shape index (κ1) is 15.1. The molecule has 0 spiro atoms. The van der Waals surface area contributed by atoms with Crippen molar-refractivity contribution < 1.29 is 31.9 Å². The van der Waals surface area contributed by atoms with Crippen molar-refractivity contribution in [2.24, 2.45) is 11.5 Å². The van der Waals surface area contributed by atoms with Crippen molar-refractivity contribution in [1.82, 2.24) is 4.90 Å². The van der Waals surface area contributed by atoms with Crippen molar-refractivity contribution >= 4 is 17.7 Å². The quantitative estimate of drug-likeness (QED) is 0.578. The van der Waals surface area contributed by atoms with Crippen LogP contribution in [-0.4, -0.2) is 48.1 Å². The molecule has 17 heavy (non-hydrogen) atoms. The second-order valence-corrected chi connectivity index (χ2v) is 3.02. The number of carbonyl (C=O) groups is 3. The molecular weight excluding hydrogens is 250 g/mol. The summed E-state index contributed by atoms with van der Waals surface area (Å²) in [7, 11) is 0. The van der Waals surface area contributed by atoms with Crippen LogP contribution in [0.5, 0.6) is 0 Å². The predicted molar refractivity (Wildman–Crippen MR) is 45.9 cm³/mol. The van der Waals surface area contributed by atoms with Crippen LogP contribution in [0.2, 0.25) is 0 Å². The zero-order valence-corrected chi connectivity index (χ0v) is 8.33. The lowest BCUT2D eigenvalue weighted by Gasteiger charge is -2.24. The fourth-order valence-corrected chi connectivity index (χ4v) is 0.880. The first-order valence-corrected chi connectivity index (χ1v) is 4.11. The highest BCUT2D eigenvalue weighted by Crippen LogP contribution is 2.25. The lowest BCUT2D eigenvalue weighted by atomic mass is 10.3. The average Bonchev–Trinajstić information content (AvgIpc) is 2.13. The summed E-state index contributed by atoms with van der Waals surface area (Å²) in [5.41, 5.74) is 9.22. The Morgan fingerprint density at radius 2 is 1.41 bits per heavy atom. The smallest absolute Gasteiger partial charge is 0.368 e. The van der Waals surface area contributed by atoms with Gasteiger partial charge < -0.3 is 16.4 Å². The van der Waals surface area contributed by atoms with E-state index in [0.29, 0.717) is 0 Å². The SMILES string of the molecule is NC(=O)CN(CC(N)=O)C(=O)C(F)(F)C(F)F. The zero-order valence-electron chi connectivity index (χ0n) is 8.33. The third-order valence-electron chi connectivity index (χ3n) is 1.54. The van der Waals surface area contributed by atoms with Gasteiger partial charge in [-0.2, -0.15) is 8.78 Å². The molecule has 0 saturated carbocycles. The Hall–Kier alpha value is -1.87. The lowest BCUT2D eigenvalue weighted by molar-refractivity contribution is -0.181. The molecule has 3 amide bonds. The van der Waals surface area contributed by atoms with Gasteiger partial charge in [-0.25, -0.2) is 8.78 Å². The molecule has 0 bridgehead atoms. The van der Waals surface area contributed by atoms with Crippen molar-refractivity contribution in [2.75, 3.05) is 13.1 Å². The first-order chi connectivity index (χ1) is 7.59. The van der Waals surface area contributed by atoms with Gasteiger partial charge in [0.1, 0.15) is 13.1 Å². The molecule has 0 aromatic rings. The number of halogens is 4. The fraction of sp³-hybridized carbons (Fsp3) is 0.571. The van der Waals surface area contributed by atoms with Gasteiger partial charge in [0, 0.05) is 0 Å². The van der Waals surface area contributed by atoms with E-state index in [1.54, 1.807) is 0 Å². The van der Waals surface area contributed by atoms with Crippen LogP contribution in [0.15, 0.2) is 0 Å². The van der Waals surface area contributed by atoms with Gasteiger partial charge in [0.05, 0.1) is 0 Å². The molecule has 0 aliphatic rings. The molecule has 4 N–H and O–H groups in total. The summed E-state index contributed by atoms with van der Waals surface area (Å²) in [6, 6.07) is 0. The van der Waals surface area contributed by atoms with Gasteiger partial charge in [0.25, 0.3) is 5.91 Å². The molecule has 0 saturated heterocycles. The topological polar surface area (TPSA) is 106 Å². The van der Waals surface area contributed by atoms with E-state index in [2.05, 4.69) is 11.5 Å². The molecule has 0 heterocycles. The highest BCUT2D eigenvalue weighted by molar-refractivity contribution is 5.91. The Labute approximate surface area is 92.5 Å². The number of alkyl halides is 4. The Bertz CT molecular complexity index is 318. The van der Waals surface area contributed by atoms with Crippen molar-refractivity contribution in [3.8, 4) is 0 Å². The number of amides is 3. The van der Waals surface area contributed by atoms with Gasteiger partial charge in [0.2, 0.25) is 11.8 Å². The van der Waals surface area contributed by atoms with Crippen LogP contribution in [0, 0.1) is 0 Å². The summed E-state index contributed by atoms with van der Waals surface area (Å²) in [6.45, 7) is -2.21. The number of nitrogens with two attached hydrogens (primary N) is 2. The molecule has 0 rings (SSSR count). The summed E-state index contributed by atoms with van der Waals surface area (Å²) >= 11 is 0. The van der Waals surface area contributed by atoms with Gasteiger partial charge in [-0.3, -0.25) is 14.4 Å². The van der Waals surface area contributed by atoms with Crippen molar-refractivity contribution in [3.63, 3.8) is 0 Å². The van der Waals surface area contributed by atoms with Crippen LogP contribution in [0.3, 0.4) is 0 Å². The zero-order chi connectivity index (χ0) is 13.8.